The molecule has 0 spiro atoms. The number of hydrogen-bond acceptors (Lipinski definition) is 5. The molecule has 3 rings (SSSR count). The molecular weight excluding hydrogens is 352 g/mol. The number of ether oxygens (including phenoxy) is 1. The summed E-state index contributed by atoms with van der Waals surface area (Å²) in [5.41, 5.74) is 2.92. The van der Waals surface area contributed by atoms with Crippen LogP contribution in [0.1, 0.15) is 18.4 Å². The summed E-state index contributed by atoms with van der Waals surface area (Å²) in [5, 5.41) is 3.52. The lowest BCUT2D eigenvalue weighted by molar-refractivity contribution is -0.121. The van der Waals surface area contributed by atoms with Crippen LogP contribution < -0.4 is 10.1 Å². The third-order valence-corrected chi connectivity index (χ3v) is 4.56. The average molecular weight is 375 g/mol. The Bertz CT molecular complexity index is 768. The monoisotopic (exact) mass is 374 g/mol. The predicted octanol–water partition coefficient (Wildman–Crippen LogP) is 2.56. The largest absolute Gasteiger partial charge is 0.486 e. The molecule has 1 N–H and O–H groups in total. The van der Waals surface area contributed by atoms with E-state index in [0.29, 0.717) is 30.2 Å². The molecular formula is C19H23ClN4O2. The van der Waals surface area contributed by atoms with Gasteiger partial charge in [0.05, 0.1) is 11.6 Å². The number of carbonyl (C=O) groups is 1. The molecule has 2 aromatic rings. The van der Waals surface area contributed by atoms with E-state index in [9.17, 15) is 4.79 Å². The van der Waals surface area contributed by atoms with Gasteiger partial charge in [0.1, 0.15) is 18.2 Å². The molecule has 138 valence electrons. The van der Waals surface area contributed by atoms with Gasteiger partial charge in [-0.05, 0) is 44.8 Å². The van der Waals surface area contributed by atoms with Crippen LogP contribution >= 0.6 is 11.6 Å². The summed E-state index contributed by atoms with van der Waals surface area (Å²) in [5.74, 6) is 0.763. The Balaban J connectivity index is 1.57. The van der Waals surface area contributed by atoms with Crippen LogP contribution in [-0.4, -0.2) is 54.1 Å². The lowest BCUT2D eigenvalue weighted by Crippen LogP contribution is -2.34. The summed E-state index contributed by atoms with van der Waals surface area (Å²) in [4.78, 5) is 22.1. The summed E-state index contributed by atoms with van der Waals surface area (Å²) < 4.78 is 5.94. The predicted molar refractivity (Wildman–Crippen MR) is 101 cm³/mol. The van der Waals surface area contributed by atoms with Crippen LogP contribution in [0.25, 0.3) is 11.1 Å². The van der Waals surface area contributed by atoms with E-state index in [0.717, 1.165) is 29.7 Å². The third-order valence-electron chi connectivity index (χ3n) is 4.28. The molecule has 0 unspecified atom stereocenters. The fourth-order valence-electron chi connectivity index (χ4n) is 2.99. The molecule has 0 saturated carbocycles. The minimum atomic E-state index is -0.0948. The van der Waals surface area contributed by atoms with Gasteiger partial charge in [0.25, 0.3) is 0 Å². The van der Waals surface area contributed by atoms with Crippen molar-refractivity contribution in [1.29, 1.82) is 0 Å². The fraction of sp³-hybridized carbons (Fsp3) is 0.421. The van der Waals surface area contributed by atoms with Gasteiger partial charge in [0, 0.05) is 36.4 Å². The Kier molecular flexibility index (Phi) is 6.06. The van der Waals surface area contributed by atoms with E-state index >= 15 is 0 Å². The molecule has 0 saturated heterocycles. The van der Waals surface area contributed by atoms with E-state index in [1.54, 1.807) is 12.4 Å². The van der Waals surface area contributed by atoms with Crippen molar-refractivity contribution in [3.05, 3.63) is 41.4 Å². The first-order valence-corrected chi connectivity index (χ1v) is 9.06. The van der Waals surface area contributed by atoms with Crippen LogP contribution in [0.15, 0.2) is 30.9 Å². The normalized spacial score (nSPS) is 15.6. The smallest absolute Gasteiger partial charge is 0.220 e. The van der Waals surface area contributed by atoms with Gasteiger partial charge >= 0.3 is 0 Å². The lowest BCUT2D eigenvalue weighted by Gasteiger charge is -2.13. The summed E-state index contributed by atoms with van der Waals surface area (Å²) in [6, 6.07) is 3.92. The zero-order chi connectivity index (χ0) is 18.5. The van der Waals surface area contributed by atoms with Crippen LogP contribution in [0.4, 0.5) is 0 Å². The molecule has 1 amide bonds. The van der Waals surface area contributed by atoms with Crippen LogP contribution in [-0.2, 0) is 11.2 Å². The van der Waals surface area contributed by atoms with E-state index in [4.69, 9.17) is 16.3 Å². The van der Waals surface area contributed by atoms with Crippen LogP contribution in [0.3, 0.4) is 0 Å². The molecule has 0 radical (unpaired) electrons. The van der Waals surface area contributed by atoms with E-state index in [1.807, 2.05) is 20.2 Å². The fourth-order valence-corrected chi connectivity index (χ4v) is 3.27. The third kappa shape index (κ3) is 4.71. The van der Waals surface area contributed by atoms with Crippen molar-refractivity contribution in [2.45, 2.75) is 25.4 Å². The molecule has 1 aliphatic heterocycles. The minimum absolute atomic E-state index is 0.0552. The van der Waals surface area contributed by atoms with Gasteiger partial charge in [0.15, 0.2) is 0 Å². The Hall–Kier alpha value is -2.18. The topological polar surface area (TPSA) is 67.4 Å². The van der Waals surface area contributed by atoms with Gasteiger partial charge in [-0.2, -0.15) is 0 Å². The zero-order valence-corrected chi connectivity index (χ0v) is 15.8. The number of hydrogen-bond donors (Lipinski definition) is 1. The molecule has 0 fully saturated rings. The van der Waals surface area contributed by atoms with Crippen molar-refractivity contribution < 1.29 is 9.53 Å². The van der Waals surface area contributed by atoms with Crippen molar-refractivity contribution in [2.75, 3.05) is 27.2 Å². The second-order valence-corrected chi connectivity index (χ2v) is 7.14. The van der Waals surface area contributed by atoms with Gasteiger partial charge in [-0.1, -0.05) is 11.6 Å². The maximum Gasteiger partial charge on any atom is 0.220 e. The quantitative estimate of drug-likeness (QED) is 0.806. The number of benzene rings is 1. The van der Waals surface area contributed by atoms with Crippen molar-refractivity contribution in [1.82, 2.24) is 20.2 Å². The van der Waals surface area contributed by atoms with Crippen LogP contribution in [0, 0.1) is 0 Å². The number of fused-ring (bicyclic) bond motifs is 1. The lowest BCUT2D eigenvalue weighted by atomic mass is 10.0. The SMILES string of the molecule is CN(C)CCCC(=O)NC[C@H]1Cc2cc(-c3cncnc3)cc(Cl)c2O1. The Morgan fingerprint density at radius 2 is 2.08 bits per heavy atom. The molecule has 1 atom stereocenters. The number of halogens is 1. The highest BCUT2D eigenvalue weighted by molar-refractivity contribution is 6.32. The first-order valence-electron chi connectivity index (χ1n) is 8.69. The summed E-state index contributed by atoms with van der Waals surface area (Å²) in [6.07, 6.45) is 7.00. The average Bonchev–Trinajstić information content (AvgIpc) is 3.04. The maximum absolute atomic E-state index is 11.9. The van der Waals surface area contributed by atoms with E-state index in [2.05, 4.69) is 26.3 Å². The van der Waals surface area contributed by atoms with E-state index in [1.165, 1.54) is 6.33 Å². The molecule has 26 heavy (non-hydrogen) atoms. The van der Waals surface area contributed by atoms with Crippen molar-refractivity contribution in [3.63, 3.8) is 0 Å². The zero-order valence-electron chi connectivity index (χ0n) is 15.0. The maximum atomic E-state index is 11.9. The molecule has 6 nitrogen and oxygen atoms in total. The number of carbonyl (C=O) groups excluding carboxylic acids is 1. The molecule has 1 aliphatic rings. The second kappa shape index (κ2) is 8.47. The summed E-state index contributed by atoms with van der Waals surface area (Å²) >= 11 is 6.39. The summed E-state index contributed by atoms with van der Waals surface area (Å²) in [6.45, 7) is 1.38. The minimum Gasteiger partial charge on any atom is -0.486 e. The second-order valence-electron chi connectivity index (χ2n) is 6.73. The summed E-state index contributed by atoms with van der Waals surface area (Å²) in [7, 11) is 4.00. The Morgan fingerprint density at radius 3 is 2.81 bits per heavy atom. The van der Waals surface area contributed by atoms with Crippen molar-refractivity contribution in [3.8, 4) is 16.9 Å². The van der Waals surface area contributed by atoms with E-state index < -0.39 is 0 Å². The molecule has 0 bridgehead atoms. The molecule has 1 aromatic heterocycles. The highest BCUT2D eigenvalue weighted by Gasteiger charge is 2.26. The number of nitrogens with one attached hydrogen (secondary N) is 1. The first kappa shape index (κ1) is 18.6. The van der Waals surface area contributed by atoms with E-state index in [-0.39, 0.29) is 12.0 Å². The number of amides is 1. The number of nitrogens with zero attached hydrogens (tertiary/aromatic N) is 3. The van der Waals surface area contributed by atoms with Gasteiger partial charge in [-0.25, -0.2) is 9.97 Å². The number of aromatic nitrogens is 2. The van der Waals surface area contributed by atoms with Gasteiger partial charge in [0.2, 0.25) is 5.91 Å². The van der Waals surface area contributed by atoms with Gasteiger partial charge in [-0.15, -0.1) is 0 Å². The highest BCUT2D eigenvalue weighted by Crippen LogP contribution is 2.39. The van der Waals surface area contributed by atoms with Gasteiger partial charge in [-0.3, -0.25) is 4.79 Å². The highest BCUT2D eigenvalue weighted by atomic mass is 35.5. The molecule has 0 aliphatic carbocycles. The standard InChI is InChI=1S/C19H23ClN4O2/c1-24(2)5-3-4-18(25)23-11-16-7-14-6-13(8-17(20)19(14)26-16)15-9-21-12-22-10-15/h6,8-10,12,16H,3-5,7,11H2,1-2H3,(H,23,25)/t16-/m1/s1. The molecule has 1 aromatic carbocycles. The number of rotatable bonds is 7. The van der Waals surface area contributed by atoms with Crippen molar-refractivity contribution >= 4 is 17.5 Å². The Morgan fingerprint density at radius 1 is 1.31 bits per heavy atom. The van der Waals surface area contributed by atoms with Gasteiger partial charge < -0.3 is 15.0 Å². The van der Waals surface area contributed by atoms with Crippen LogP contribution in [0.2, 0.25) is 5.02 Å². The molecule has 2 heterocycles. The molecule has 7 heteroatoms. The Labute approximate surface area is 158 Å². The van der Waals surface area contributed by atoms with Crippen LogP contribution in [0.5, 0.6) is 5.75 Å². The first-order chi connectivity index (χ1) is 12.5. The van der Waals surface area contributed by atoms with Crippen molar-refractivity contribution in [2.24, 2.45) is 0 Å².